The molecule has 0 amide bonds. The van der Waals surface area contributed by atoms with Gasteiger partial charge < -0.3 is 20.3 Å². The summed E-state index contributed by atoms with van der Waals surface area (Å²) in [4.78, 5) is 2.76. The van der Waals surface area contributed by atoms with E-state index in [1.54, 1.807) is 12.1 Å². The molecule has 0 aliphatic carbocycles. The summed E-state index contributed by atoms with van der Waals surface area (Å²) < 4.78 is 70.7. The lowest BCUT2D eigenvalue weighted by Gasteiger charge is -2.32. The Morgan fingerprint density at radius 3 is 2.59 bits per heavy atom. The number of halogens is 3. The van der Waals surface area contributed by atoms with Crippen LogP contribution in [0.2, 0.25) is 0 Å². The normalized spacial score (nSPS) is 14.7. The molecule has 2 N–H and O–H groups in total. The molecule has 1 aliphatic heterocycles. The molecule has 1 aliphatic rings. The number of piperidine rings is 1. The van der Waals surface area contributed by atoms with Gasteiger partial charge in [-0.15, -0.1) is 11.3 Å². The SMILES string of the molecule is CCN1CCC(Nc2cccc3c(CC(F)(F)F)c(C#CCNc4ccc(S(C)(=O)=O)cc4OCC#N)sc23)CC1. The number of alkyl halides is 3. The van der Waals surface area contributed by atoms with Crippen molar-refractivity contribution in [2.24, 2.45) is 0 Å². The van der Waals surface area contributed by atoms with E-state index in [0.29, 0.717) is 16.0 Å². The Morgan fingerprint density at radius 1 is 1.17 bits per heavy atom. The van der Waals surface area contributed by atoms with E-state index in [1.807, 2.05) is 12.1 Å². The Bertz CT molecular complexity index is 1590. The summed E-state index contributed by atoms with van der Waals surface area (Å²) >= 11 is 1.25. The minimum atomic E-state index is -4.40. The molecule has 0 unspecified atom stereocenters. The molecule has 7 nitrogen and oxygen atoms in total. The first kappa shape index (κ1) is 30.5. The van der Waals surface area contributed by atoms with Crippen LogP contribution in [0.5, 0.6) is 5.75 Å². The van der Waals surface area contributed by atoms with Crippen LogP contribution in [0, 0.1) is 23.2 Å². The van der Waals surface area contributed by atoms with E-state index >= 15 is 0 Å². The summed E-state index contributed by atoms with van der Waals surface area (Å²) in [5.74, 6) is 5.98. The molecule has 218 valence electrons. The van der Waals surface area contributed by atoms with Gasteiger partial charge in [-0.3, -0.25) is 0 Å². The number of thiophene rings is 1. The number of ether oxygens (including phenoxy) is 1. The molecule has 0 spiro atoms. The smallest absolute Gasteiger partial charge is 0.393 e. The predicted octanol–water partition coefficient (Wildman–Crippen LogP) is 5.67. The van der Waals surface area contributed by atoms with Crippen LogP contribution in [-0.4, -0.2) is 64.6 Å². The van der Waals surface area contributed by atoms with E-state index in [0.717, 1.165) is 49.1 Å². The topological polar surface area (TPSA) is 94.5 Å². The molecule has 12 heteroatoms. The number of nitrogens with one attached hydrogen (secondary N) is 2. The zero-order valence-corrected chi connectivity index (χ0v) is 24.4. The highest BCUT2D eigenvalue weighted by Crippen LogP contribution is 2.39. The summed E-state index contributed by atoms with van der Waals surface area (Å²) in [7, 11) is -3.49. The Labute approximate surface area is 242 Å². The quantitative estimate of drug-likeness (QED) is 0.304. The molecule has 0 saturated carbocycles. The third-order valence-electron chi connectivity index (χ3n) is 6.83. The first-order valence-corrected chi connectivity index (χ1v) is 15.9. The summed E-state index contributed by atoms with van der Waals surface area (Å²) in [5.41, 5.74) is 1.39. The van der Waals surface area contributed by atoms with Gasteiger partial charge in [0.15, 0.2) is 16.4 Å². The average Bonchev–Trinajstić information content (AvgIpc) is 3.26. The van der Waals surface area contributed by atoms with Crippen molar-refractivity contribution in [1.82, 2.24) is 4.90 Å². The fraction of sp³-hybridized carbons (Fsp3) is 0.414. The largest absolute Gasteiger partial charge is 0.477 e. The third-order valence-corrected chi connectivity index (χ3v) is 9.14. The number of hydrogen-bond acceptors (Lipinski definition) is 8. The lowest BCUT2D eigenvalue weighted by atomic mass is 10.0. The first-order valence-electron chi connectivity index (χ1n) is 13.1. The number of benzene rings is 2. The molecular weight excluding hydrogens is 573 g/mol. The Hall–Kier alpha value is -3.45. The first-order chi connectivity index (χ1) is 19.5. The van der Waals surface area contributed by atoms with Crippen molar-refractivity contribution in [3.63, 3.8) is 0 Å². The Balaban J connectivity index is 1.58. The molecule has 0 bridgehead atoms. The van der Waals surface area contributed by atoms with Crippen molar-refractivity contribution in [1.29, 1.82) is 5.26 Å². The van der Waals surface area contributed by atoms with Gasteiger partial charge in [-0.05, 0) is 48.5 Å². The van der Waals surface area contributed by atoms with E-state index in [9.17, 15) is 21.6 Å². The van der Waals surface area contributed by atoms with Crippen LogP contribution in [0.4, 0.5) is 24.5 Å². The van der Waals surface area contributed by atoms with Crippen molar-refractivity contribution in [2.75, 3.05) is 49.7 Å². The number of likely N-dealkylation sites (tertiary alicyclic amines) is 1. The molecule has 2 heterocycles. The number of nitriles is 1. The van der Waals surface area contributed by atoms with E-state index in [4.69, 9.17) is 10.00 Å². The summed E-state index contributed by atoms with van der Waals surface area (Å²) in [6.07, 6.45) is -2.48. The van der Waals surface area contributed by atoms with Crippen LogP contribution >= 0.6 is 11.3 Å². The molecule has 0 radical (unpaired) electrons. The second-order valence-electron chi connectivity index (χ2n) is 9.77. The lowest BCUT2D eigenvalue weighted by Crippen LogP contribution is -2.38. The minimum Gasteiger partial charge on any atom is -0.477 e. The van der Waals surface area contributed by atoms with Gasteiger partial charge in [-0.2, -0.15) is 18.4 Å². The number of rotatable bonds is 9. The summed E-state index contributed by atoms with van der Waals surface area (Å²) in [5, 5.41) is 16.0. The minimum absolute atomic E-state index is 0.0319. The molecule has 1 fully saturated rings. The number of anilines is 2. The second-order valence-corrected chi connectivity index (χ2v) is 12.8. The highest BCUT2D eigenvalue weighted by atomic mass is 32.2. The van der Waals surface area contributed by atoms with Crippen LogP contribution in [0.3, 0.4) is 0 Å². The van der Waals surface area contributed by atoms with Gasteiger partial charge in [0.2, 0.25) is 0 Å². The van der Waals surface area contributed by atoms with Crippen LogP contribution < -0.4 is 15.4 Å². The molecule has 3 aromatic rings. The number of nitrogens with zero attached hydrogens (tertiary/aromatic N) is 2. The molecule has 1 saturated heterocycles. The monoisotopic (exact) mass is 604 g/mol. The van der Waals surface area contributed by atoms with Crippen molar-refractivity contribution in [2.45, 2.75) is 43.3 Å². The number of fused-ring (bicyclic) bond motifs is 1. The maximum absolute atomic E-state index is 13.6. The fourth-order valence-electron chi connectivity index (χ4n) is 4.75. The maximum Gasteiger partial charge on any atom is 0.393 e. The van der Waals surface area contributed by atoms with Gasteiger partial charge in [0.05, 0.1) is 38.8 Å². The zero-order chi connectivity index (χ0) is 29.6. The van der Waals surface area contributed by atoms with Gasteiger partial charge in [-0.25, -0.2) is 8.42 Å². The average molecular weight is 605 g/mol. The van der Waals surface area contributed by atoms with Crippen molar-refractivity contribution >= 4 is 42.6 Å². The van der Waals surface area contributed by atoms with Crippen molar-refractivity contribution < 1.29 is 26.3 Å². The van der Waals surface area contributed by atoms with Crippen LogP contribution in [-0.2, 0) is 16.3 Å². The van der Waals surface area contributed by atoms with Crippen LogP contribution in [0.15, 0.2) is 41.3 Å². The Kier molecular flexibility index (Phi) is 9.69. The molecule has 0 atom stereocenters. The number of hydrogen-bond donors (Lipinski definition) is 2. The van der Waals surface area contributed by atoms with E-state index in [2.05, 4.69) is 34.3 Å². The van der Waals surface area contributed by atoms with Crippen molar-refractivity contribution in [3.8, 4) is 23.7 Å². The zero-order valence-electron chi connectivity index (χ0n) is 22.8. The number of sulfone groups is 1. The maximum atomic E-state index is 13.6. The molecular formula is C29H31F3N4O3S2. The summed E-state index contributed by atoms with van der Waals surface area (Å²) in [6, 6.07) is 11.7. The summed E-state index contributed by atoms with van der Waals surface area (Å²) in [6.45, 7) is 4.88. The molecule has 4 rings (SSSR count). The highest BCUT2D eigenvalue weighted by molar-refractivity contribution is 7.90. The van der Waals surface area contributed by atoms with Crippen molar-refractivity contribution in [3.05, 3.63) is 46.8 Å². The van der Waals surface area contributed by atoms with Gasteiger partial charge >= 0.3 is 6.18 Å². The molecule has 1 aromatic heterocycles. The van der Waals surface area contributed by atoms with Crippen LogP contribution in [0.1, 0.15) is 30.2 Å². The Morgan fingerprint density at radius 2 is 1.93 bits per heavy atom. The van der Waals surface area contributed by atoms with Gasteiger partial charge in [0, 0.05) is 31.5 Å². The molecule has 41 heavy (non-hydrogen) atoms. The fourth-order valence-corrected chi connectivity index (χ4v) is 6.55. The lowest BCUT2D eigenvalue weighted by molar-refractivity contribution is -0.126. The second kappa shape index (κ2) is 13.0. The van der Waals surface area contributed by atoms with Gasteiger partial charge in [0.1, 0.15) is 11.8 Å². The van der Waals surface area contributed by atoms with Gasteiger partial charge in [-0.1, -0.05) is 30.9 Å². The molecule has 2 aromatic carbocycles. The predicted molar refractivity (Wildman–Crippen MR) is 156 cm³/mol. The van der Waals surface area contributed by atoms with E-state index in [-0.39, 0.29) is 35.4 Å². The highest BCUT2D eigenvalue weighted by Gasteiger charge is 2.31. The van der Waals surface area contributed by atoms with E-state index < -0.39 is 22.4 Å². The standard InChI is InChI=1S/C29H31F3N4O3S2/c1-3-36-15-11-20(12-16-36)35-25-7-4-6-22-23(19-29(30,31)32)27(40-28(22)25)8-5-14-34-24-10-9-21(41(2,37)38)18-26(24)39-17-13-33/h4,6-7,9-10,18,20,34-35H,3,11-12,14-17,19H2,1-2H3. The van der Waals surface area contributed by atoms with E-state index in [1.165, 1.54) is 29.5 Å². The van der Waals surface area contributed by atoms with Gasteiger partial charge in [0.25, 0.3) is 0 Å². The van der Waals surface area contributed by atoms with Crippen LogP contribution in [0.25, 0.3) is 10.1 Å². The third kappa shape index (κ3) is 8.07.